The smallest absolute Gasteiger partial charge is 0.0622 e. The maximum absolute atomic E-state index is 2.22. The molecule has 0 radical (unpaired) electrons. The normalized spacial score (nSPS) is 10.7. The van der Waals surface area contributed by atoms with Gasteiger partial charge in [0, 0.05) is 22.9 Å². The lowest BCUT2D eigenvalue weighted by Gasteiger charge is -2.10. The van der Waals surface area contributed by atoms with Gasteiger partial charge in [0.2, 0.25) is 0 Å². The lowest BCUT2D eigenvalue weighted by molar-refractivity contribution is 1.15. The summed E-state index contributed by atoms with van der Waals surface area (Å²) in [5.74, 6) is 0. The molecule has 0 atom stereocenters. The predicted molar refractivity (Wildman–Crippen MR) is 88.2 cm³/mol. The van der Waals surface area contributed by atoms with Crippen LogP contribution in [-0.2, 0) is 11.8 Å². The summed E-state index contributed by atoms with van der Waals surface area (Å²) in [4.78, 5) is 1.35. The molecule has 3 rings (SSSR count). The van der Waals surface area contributed by atoms with E-state index in [4.69, 9.17) is 0 Å². The zero-order chi connectivity index (χ0) is 13.6. The van der Waals surface area contributed by atoms with Crippen molar-refractivity contribution in [2.24, 2.45) is 0 Å². The topological polar surface area (TPSA) is 0 Å². The van der Waals surface area contributed by atoms with Gasteiger partial charge >= 0.3 is 0 Å². The van der Waals surface area contributed by atoms with Crippen LogP contribution in [0.15, 0.2) is 95.9 Å². The van der Waals surface area contributed by atoms with Crippen LogP contribution in [0.3, 0.4) is 0 Å². The Kier molecular flexibility index (Phi) is 4.19. The van der Waals surface area contributed by atoms with Crippen LogP contribution in [0.1, 0.15) is 16.4 Å². The molecule has 3 aromatic carbocycles. The number of thiol groups is 1. The highest BCUT2D eigenvalue weighted by Crippen LogP contribution is 2.29. The SMILES string of the molecule is c1ccc([SH+]C(c2ccccc2)c2ccccc2)cc1. The van der Waals surface area contributed by atoms with Crippen LogP contribution in [0.5, 0.6) is 0 Å². The number of hydrogen-bond acceptors (Lipinski definition) is 0. The van der Waals surface area contributed by atoms with Gasteiger partial charge in [-0.3, -0.25) is 0 Å². The molecule has 0 spiro atoms. The van der Waals surface area contributed by atoms with Crippen molar-refractivity contribution in [2.75, 3.05) is 0 Å². The van der Waals surface area contributed by atoms with Gasteiger partial charge in [0.05, 0.1) is 0 Å². The average molecular weight is 277 g/mol. The molecule has 1 heteroatoms. The van der Waals surface area contributed by atoms with Crippen LogP contribution in [0.2, 0.25) is 0 Å². The Labute approximate surface area is 124 Å². The van der Waals surface area contributed by atoms with E-state index in [2.05, 4.69) is 91.0 Å². The van der Waals surface area contributed by atoms with E-state index in [1.165, 1.54) is 27.8 Å². The van der Waals surface area contributed by atoms with Crippen molar-refractivity contribution in [3.8, 4) is 0 Å². The quantitative estimate of drug-likeness (QED) is 0.481. The molecule has 0 saturated carbocycles. The maximum Gasteiger partial charge on any atom is 0.171 e. The van der Waals surface area contributed by atoms with Crippen molar-refractivity contribution < 1.29 is 0 Å². The Balaban J connectivity index is 1.96. The number of benzene rings is 3. The minimum atomic E-state index is 0.389. The Morgan fingerprint density at radius 2 is 0.900 bits per heavy atom. The van der Waals surface area contributed by atoms with E-state index >= 15 is 0 Å². The first-order valence-corrected chi connectivity index (χ1v) is 7.75. The molecule has 0 aliphatic rings. The Hall–Kier alpha value is -1.99. The summed E-state index contributed by atoms with van der Waals surface area (Å²) in [6.07, 6.45) is 0. The first kappa shape index (κ1) is 13.0. The van der Waals surface area contributed by atoms with Gasteiger partial charge in [-0.05, 0) is 12.1 Å². The van der Waals surface area contributed by atoms with Crippen LogP contribution in [-0.4, -0.2) is 0 Å². The van der Waals surface area contributed by atoms with E-state index in [1.54, 1.807) is 0 Å². The van der Waals surface area contributed by atoms with Gasteiger partial charge in [-0.2, -0.15) is 0 Å². The molecule has 0 N–H and O–H groups in total. The second kappa shape index (κ2) is 6.44. The molecule has 0 nitrogen and oxygen atoms in total. The lowest BCUT2D eigenvalue weighted by atomic mass is 10.0. The first-order chi connectivity index (χ1) is 9.93. The van der Waals surface area contributed by atoms with Gasteiger partial charge < -0.3 is 0 Å². The molecular formula is C19H17S+. The van der Waals surface area contributed by atoms with Gasteiger partial charge in [-0.15, -0.1) is 0 Å². The van der Waals surface area contributed by atoms with E-state index in [0.29, 0.717) is 5.25 Å². The van der Waals surface area contributed by atoms with Gasteiger partial charge in [-0.25, -0.2) is 0 Å². The second-order valence-corrected chi connectivity index (χ2v) is 5.98. The van der Waals surface area contributed by atoms with E-state index in [-0.39, 0.29) is 0 Å². The van der Waals surface area contributed by atoms with Crippen LogP contribution >= 0.6 is 0 Å². The summed E-state index contributed by atoms with van der Waals surface area (Å²) in [7, 11) is 0. The number of rotatable bonds is 4. The molecule has 98 valence electrons. The van der Waals surface area contributed by atoms with Crippen molar-refractivity contribution in [1.82, 2.24) is 0 Å². The van der Waals surface area contributed by atoms with E-state index in [9.17, 15) is 0 Å². The highest BCUT2D eigenvalue weighted by atomic mass is 32.2. The van der Waals surface area contributed by atoms with Gasteiger partial charge in [0.15, 0.2) is 10.1 Å². The van der Waals surface area contributed by atoms with Crippen LogP contribution in [0, 0.1) is 0 Å². The molecule has 0 aromatic heterocycles. The Bertz CT molecular complexity index is 593. The molecule has 0 bridgehead atoms. The summed E-state index contributed by atoms with van der Waals surface area (Å²) in [6, 6.07) is 32.2. The van der Waals surface area contributed by atoms with Crippen LogP contribution in [0.25, 0.3) is 0 Å². The molecule has 0 saturated heterocycles. The zero-order valence-electron chi connectivity index (χ0n) is 11.2. The van der Waals surface area contributed by atoms with Crippen molar-refractivity contribution >= 4 is 11.8 Å². The van der Waals surface area contributed by atoms with E-state index < -0.39 is 0 Å². The molecular weight excluding hydrogens is 260 g/mol. The molecule has 0 amide bonds. The molecule has 0 heterocycles. The standard InChI is InChI=1S/C19H16S/c1-4-10-16(11-5-1)19(17-12-6-2-7-13-17)20-18-14-8-3-9-15-18/h1-15,19H/p+1. The summed E-state index contributed by atoms with van der Waals surface area (Å²) in [6.45, 7) is 0. The molecule has 20 heavy (non-hydrogen) atoms. The fourth-order valence-electron chi connectivity index (χ4n) is 2.28. The monoisotopic (exact) mass is 277 g/mol. The van der Waals surface area contributed by atoms with Crippen molar-refractivity contribution in [3.63, 3.8) is 0 Å². The first-order valence-electron chi connectivity index (χ1n) is 6.79. The fraction of sp³-hybridized carbons (Fsp3) is 0.0526. The second-order valence-electron chi connectivity index (χ2n) is 4.69. The minimum absolute atomic E-state index is 0.389. The van der Waals surface area contributed by atoms with Gasteiger partial charge in [0.1, 0.15) is 0 Å². The van der Waals surface area contributed by atoms with Crippen molar-refractivity contribution in [1.29, 1.82) is 0 Å². The highest BCUT2D eigenvalue weighted by molar-refractivity contribution is 7.79. The highest BCUT2D eigenvalue weighted by Gasteiger charge is 2.22. The molecule has 0 aliphatic heterocycles. The van der Waals surface area contributed by atoms with E-state index in [1.807, 2.05) is 0 Å². The maximum atomic E-state index is 2.22. The van der Waals surface area contributed by atoms with Gasteiger partial charge in [-0.1, -0.05) is 78.9 Å². The largest absolute Gasteiger partial charge is 0.171 e. The molecule has 3 aromatic rings. The average Bonchev–Trinajstić information content (AvgIpc) is 2.55. The van der Waals surface area contributed by atoms with E-state index in [0.717, 1.165) is 0 Å². The molecule has 0 fully saturated rings. The third-order valence-electron chi connectivity index (χ3n) is 3.26. The fourth-order valence-corrected chi connectivity index (χ4v) is 3.56. The van der Waals surface area contributed by atoms with Crippen molar-refractivity contribution in [3.05, 3.63) is 102 Å². The lowest BCUT2D eigenvalue weighted by Crippen LogP contribution is -2.03. The Morgan fingerprint density at radius 1 is 0.500 bits per heavy atom. The Morgan fingerprint density at radius 3 is 1.35 bits per heavy atom. The third-order valence-corrected chi connectivity index (χ3v) is 4.72. The predicted octanol–water partition coefficient (Wildman–Crippen LogP) is 4.65. The minimum Gasteiger partial charge on any atom is -0.0622 e. The zero-order valence-corrected chi connectivity index (χ0v) is 12.1. The van der Waals surface area contributed by atoms with Crippen LogP contribution < -0.4 is 0 Å². The summed E-state index contributed by atoms with van der Waals surface area (Å²) >= 11 is 1.32. The number of hydrogen-bond donors (Lipinski definition) is 0. The summed E-state index contributed by atoms with van der Waals surface area (Å²) in [5, 5.41) is 0.389. The van der Waals surface area contributed by atoms with Crippen molar-refractivity contribution in [2.45, 2.75) is 10.1 Å². The summed E-state index contributed by atoms with van der Waals surface area (Å²) in [5.41, 5.74) is 2.73. The van der Waals surface area contributed by atoms with Crippen LogP contribution in [0.4, 0.5) is 0 Å². The summed E-state index contributed by atoms with van der Waals surface area (Å²) < 4.78 is 0. The van der Waals surface area contributed by atoms with Gasteiger partial charge in [0.25, 0.3) is 0 Å². The third kappa shape index (κ3) is 3.12. The molecule has 0 aliphatic carbocycles. The molecule has 0 unspecified atom stereocenters.